The monoisotopic (exact) mass is 131 g/mol. The van der Waals surface area contributed by atoms with Crippen molar-refractivity contribution < 1.29 is 14.6 Å². The van der Waals surface area contributed by atoms with Crippen molar-refractivity contribution in [3.8, 4) is 0 Å². The van der Waals surface area contributed by atoms with Crippen molar-refractivity contribution in [2.24, 2.45) is 5.73 Å². The molecule has 0 unspecified atom stereocenters. The first-order valence-electron chi connectivity index (χ1n) is 2.38. The summed E-state index contributed by atoms with van der Waals surface area (Å²) >= 11 is 0. The molecule has 0 bridgehead atoms. The van der Waals surface area contributed by atoms with E-state index in [0.717, 1.165) is 0 Å². The summed E-state index contributed by atoms with van der Waals surface area (Å²) in [4.78, 5) is 18.6. The van der Waals surface area contributed by atoms with Gasteiger partial charge in [-0.2, -0.15) is 4.89 Å². The van der Waals surface area contributed by atoms with Gasteiger partial charge in [0.2, 0.25) is 0 Å². The van der Waals surface area contributed by atoms with Gasteiger partial charge >= 0.3 is 5.97 Å². The number of carbonyl (C=O) groups excluding carboxylic acids is 1. The van der Waals surface area contributed by atoms with Crippen LogP contribution in [0, 0.1) is 0 Å². The lowest BCUT2D eigenvalue weighted by Gasteiger charge is -1.97. The molecule has 0 aliphatic rings. The summed E-state index contributed by atoms with van der Waals surface area (Å²) in [6.07, 6.45) is 0. The van der Waals surface area contributed by atoms with Gasteiger partial charge in [-0.1, -0.05) is 6.58 Å². The van der Waals surface area contributed by atoms with Crippen LogP contribution in [0.15, 0.2) is 12.2 Å². The predicted molar refractivity (Wildman–Crippen MR) is 31.0 cm³/mol. The van der Waals surface area contributed by atoms with Crippen molar-refractivity contribution in [1.29, 1.82) is 0 Å². The molecule has 2 N–H and O–H groups in total. The lowest BCUT2D eigenvalue weighted by atomic mass is 10.4. The summed E-state index contributed by atoms with van der Waals surface area (Å²) in [5, 5.41) is 0. The minimum atomic E-state index is -0.597. The van der Waals surface area contributed by atoms with Crippen molar-refractivity contribution in [2.45, 2.75) is 6.92 Å². The second-order valence-corrected chi connectivity index (χ2v) is 1.44. The molecule has 0 aromatic carbocycles. The van der Waals surface area contributed by atoms with E-state index in [9.17, 15) is 4.79 Å². The Kier molecular flexibility index (Phi) is 3.66. The highest BCUT2D eigenvalue weighted by molar-refractivity contribution is 5.86. The number of hydrogen-bond donors (Lipinski definition) is 1. The highest BCUT2D eigenvalue weighted by Crippen LogP contribution is 1.90. The summed E-state index contributed by atoms with van der Waals surface area (Å²) in [5.74, 6) is -0.597. The zero-order valence-electron chi connectivity index (χ0n) is 5.22. The van der Waals surface area contributed by atoms with Gasteiger partial charge in [-0.05, 0) is 6.92 Å². The average Bonchev–Trinajstić information content (AvgIpc) is 1.82. The molecule has 0 aliphatic heterocycles. The third kappa shape index (κ3) is 3.69. The van der Waals surface area contributed by atoms with Crippen molar-refractivity contribution in [3.05, 3.63) is 12.2 Å². The van der Waals surface area contributed by atoms with Crippen molar-refractivity contribution in [3.63, 3.8) is 0 Å². The zero-order valence-corrected chi connectivity index (χ0v) is 5.22. The van der Waals surface area contributed by atoms with Crippen LogP contribution in [-0.2, 0) is 14.6 Å². The fourth-order valence-corrected chi connectivity index (χ4v) is 0.159. The summed E-state index contributed by atoms with van der Waals surface area (Å²) < 4.78 is 0. The van der Waals surface area contributed by atoms with E-state index in [4.69, 9.17) is 5.73 Å². The number of carbonyl (C=O) groups is 1. The van der Waals surface area contributed by atoms with Crippen LogP contribution in [0.25, 0.3) is 0 Å². The zero-order chi connectivity index (χ0) is 7.28. The van der Waals surface area contributed by atoms with Gasteiger partial charge in [0.05, 0.1) is 0 Å². The van der Waals surface area contributed by atoms with E-state index < -0.39 is 5.97 Å². The Bertz CT molecular complexity index is 121. The van der Waals surface area contributed by atoms with Gasteiger partial charge < -0.3 is 5.73 Å². The molecular formula is C5H9NO3. The first-order chi connectivity index (χ1) is 4.18. The average molecular weight is 131 g/mol. The second-order valence-electron chi connectivity index (χ2n) is 1.44. The summed E-state index contributed by atoms with van der Waals surface area (Å²) in [5.41, 5.74) is 5.13. The highest BCUT2D eigenvalue weighted by Gasteiger charge is 2.01. The van der Waals surface area contributed by atoms with Crippen LogP contribution in [0.5, 0.6) is 0 Å². The fourth-order valence-electron chi connectivity index (χ4n) is 0.159. The maximum Gasteiger partial charge on any atom is 0.368 e. The van der Waals surface area contributed by atoms with E-state index in [0.29, 0.717) is 0 Å². The molecule has 0 spiro atoms. The first kappa shape index (κ1) is 8.13. The van der Waals surface area contributed by atoms with Gasteiger partial charge in [0.25, 0.3) is 0 Å². The molecule has 4 nitrogen and oxygen atoms in total. The van der Waals surface area contributed by atoms with Crippen LogP contribution in [0.1, 0.15) is 6.92 Å². The molecule has 0 rings (SSSR count). The Labute approximate surface area is 53.2 Å². The molecule has 0 saturated carbocycles. The van der Waals surface area contributed by atoms with Gasteiger partial charge in [-0.25, -0.2) is 4.79 Å². The molecule has 0 fully saturated rings. The Hall–Kier alpha value is -0.870. The van der Waals surface area contributed by atoms with Gasteiger partial charge in [0, 0.05) is 5.57 Å². The quantitative estimate of drug-likeness (QED) is 0.252. The van der Waals surface area contributed by atoms with Crippen LogP contribution in [-0.4, -0.2) is 12.7 Å². The van der Waals surface area contributed by atoms with E-state index >= 15 is 0 Å². The molecule has 0 radical (unpaired) electrons. The molecule has 0 atom stereocenters. The van der Waals surface area contributed by atoms with Gasteiger partial charge in [-0.3, -0.25) is 4.89 Å². The Balaban J connectivity index is 3.39. The van der Waals surface area contributed by atoms with E-state index in [1.807, 2.05) is 0 Å². The Morgan fingerprint density at radius 2 is 2.33 bits per heavy atom. The molecule has 4 heteroatoms. The number of hydrogen-bond acceptors (Lipinski definition) is 4. The molecule has 0 aliphatic carbocycles. The Morgan fingerprint density at radius 3 is 2.67 bits per heavy atom. The molecule has 0 aromatic heterocycles. The normalized spacial score (nSPS) is 8.67. The minimum Gasteiger partial charge on any atom is -0.305 e. The van der Waals surface area contributed by atoms with Gasteiger partial charge in [0.15, 0.2) is 0 Å². The lowest BCUT2D eigenvalue weighted by Crippen LogP contribution is -2.11. The molecule has 0 amide bonds. The molecule has 52 valence electrons. The molecule has 9 heavy (non-hydrogen) atoms. The first-order valence-corrected chi connectivity index (χ1v) is 2.38. The SMILES string of the molecule is C=C(C)C(=O)OOCN. The lowest BCUT2D eigenvalue weighted by molar-refractivity contribution is -0.267. The molecular weight excluding hydrogens is 122 g/mol. The summed E-state index contributed by atoms with van der Waals surface area (Å²) in [6, 6.07) is 0. The van der Waals surface area contributed by atoms with E-state index in [1.54, 1.807) is 0 Å². The standard InChI is InChI=1S/C5H9NO3/c1-4(2)5(7)9-8-3-6/h1,3,6H2,2H3. The third-order valence-electron chi connectivity index (χ3n) is 0.551. The van der Waals surface area contributed by atoms with Crippen LogP contribution in [0.2, 0.25) is 0 Å². The van der Waals surface area contributed by atoms with Crippen LogP contribution < -0.4 is 5.73 Å². The van der Waals surface area contributed by atoms with Gasteiger partial charge in [0.1, 0.15) is 6.73 Å². The fraction of sp³-hybridized carbons (Fsp3) is 0.400. The second kappa shape index (κ2) is 4.05. The van der Waals surface area contributed by atoms with Crippen molar-refractivity contribution >= 4 is 5.97 Å². The highest BCUT2D eigenvalue weighted by atomic mass is 17.2. The Morgan fingerprint density at radius 1 is 1.78 bits per heavy atom. The van der Waals surface area contributed by atoms with Crippen LogP contribution in [0.3, 0.4) is 0 Å². The smallest absolute Gasteiger partial charge is 0.305 e. The van der Waals surface area contributed by atoms with Crippen LogP contribution >= 0.6 is 0 Å². The van der Waals surface area contributed by atoms with E-state index in [-0.39, 0.29) is 12.3 Å². The van der Waals surface area contributed by atoms with E-state index in [1.165, 1.54) is 6.92 Å². The third-order valence-corrected chi connectivity index (χ3v) is 0.551. The molecule has 0 heterocycles. The molecule has 0 aromatic rings. The topological polar surface area (TPSA) is 61.5 Å². The maximum atomic E-state index is 10.4. The number of nitrogens with two attached hydrogens (primary N) is 1. The summed E-state index contributed by atoms with van der Waals surface area (Å²) in [7, 11) is 0. The predicted octanol–water partition coefficient (Wildman–Crippen LogP) is -0.0465. The van der Waals surface area contributed by atoms with Crippen molar-refractivity contribution in [1.82, 2.24) is 0 Å². The van der Waals surface area contributed by atoms with Crippen LogP contribution in [0.4, 0.5) is 0 Å². The van der Waals surface area contributed by atoms with E-state index in [2.05, 4.69) is 16.4 Å². The van der Waals surface area contributed by atoms with Crippen molar-refractivity contribution in [2.75, 3.05) is 6.73 Å². The maximum absolute atomic E-state index is 10.4. The molecule has 0 saturated heterocycles. The minimum absolute atomic E-state index is 0.140. The summed E-state index contributed by atoms with van der Waals surface area (Å²) in [6.45, 7) is 4.69. The van der Waals surface area contributed by atoms with Gasteiger partial charge in [-0.15, -0.1) is 0 Å². The largest absolute Gasteiger partial charge is 0.368 e. The number of rotatable bonds is 3.